The van der Waals surface area contributed by atoms with E-state index in [1.165, 1.54) is 13.0 Å². The molecule has 5 nitrogen and oxygen atoms in total. The summed E-state index contributed by atoms with van der Waals surface area (Å²) in [6.07, 6.45) is 1.99. The largest absolute Gasteiger partial charge is 0.399 e. The summed E-state index contributed by atoms with van der Waals surface area (Å²) in [7, 11) is -4.84. The minimum absolute atomic E-state index is 0.0259. The summed E-state index contributed by atoms with van der Waals surface area (Å²) in [4.78, 5) is -0.167. The summed E-state index contributed by atoms with van der Waals surface area (Å²) in [6, 6.07) is 1.91. The smallest absolute Gasteiger partial charge is 0.241 e. The van der Waals surface area contributed by atoms with Crippen LogP contribution in [-0.4, -0.2) is 30.7 Å². The predicted octanol–water partition coefficient (Wildman–Crippen LogP) is 1.15. The Morgan fingerprint density at radius 2 is 2.05 bits per heavy atom. The van der Waals surface area contributed by atoms with Crippen molar-refractivity contribution in [2.45, 2.75) is 31.2 Å². The molecule has 2 atom stereocenters. The summed E-state index contributed by atoms with van der Waals surface area (Å²) < 4.78 is 51.4. The highest BCUT2D eigenvalue weighted by Crippen LogP contribution is 2.22. The van der Waals surface area contributed by atoms with Crippen LogP contribution in [0.2, 0.25) is 0 Å². The summed E-state index contributed by atoms with van der Waals surface area (Å²) in [5, 5.41) is 0. The number of hydrogen-bond acceptors (Lipinski definition) is 4. The Morgan fingerprint density at radius 1 is 1.45 bits per heavy atom. The van der Waals surface area contributed by atoms with E-state index in [1.54, 1.807) is 13.2 Å². The van der Waals surface area contributed by atoms with Crippen molar-refractivity contribution >= 4 is 26.5 Å². The van der Waals surface area contributed by atoms with Crippen LogP contribution in [0.1, 0.15) is 18.9 Å². The fourth-order valence-electron chi connectivity index (χ4n) is 1.68. The van der Waals surface area contributed by atoms with Gasteiger partial charge in [0.05, 0.1) is 4.90 Å². The van der Waals surface area contributed by atoms with Gasteiger partial charge in [-0.2, -0.15) is 0 Å². The molecule has 1 rings (SSSR count). The molecule has 8 heteroatoms. The molecule has 20 heavy (non-hydrogen) atoms. The van der Waals surface area contributed by atoms with E-state index in [-0.39, 0.29) is 16.1 Å². The number of nitrogen functional groups attached to an aromatic ring is 1. The molecule has 0 saturated heterocycles. The highest BCUT2D eigenvalue weighted by Gasteiger charge is 2.22. The van der Waals surface area contributed by atoms with Gasteiger partial charge in [-0.15, -0.1) is 0 Å². The first kappa shape index (κ1) is 17.1. The lowest BCUT2D eigenvalue weighted by molar-refractivity contribution is 0.552. The van der Waals surface area contributed by atoms with Gasteiger partial charge in [-0.1, -0.05) is 0 Å². The number of halogens is 1. The molecular weight excluding hydrogens is 303 g/mol. The van der Waals surface area contributed by atoms with Gasteiger partial charge in [-0.05, 0) is 32.4 Å². The number of rotatable bonds is 6. The van der Waals surface area contributed by atoms with Gasteiger partial charge in [0.25, 0.3) is 0 Å². The fourth-order valence-corrected chi connectivity index (χ4v) is 3.93. The van der Waals surface area contributed by atoms with Gasteiger partial charge in [-0.3, -0.25) is 4.21 Å². The van der Waals surface area contributed by atoms with Crippen LogP contribution < -0.4 is 10.5 Å². The second-order valence-corrected chi connectivity index (χ2v) is 7.95. The maximum absolute atomic E-state index is 13.5. The Balaban J connectivity index is 2.97. The highest BCUT2D eigenvalue weighted by atomic mass is 32.2. The molecular formula is C12H19FN2O3S2. The van der Waals surface area contributed by atoms with E-state index in [1.807, 2.05) is 0 Å². The van der Waals surface area contributed by atoms with Crippen LogP contribution in [0.15, 0.2) is 17.0 Å². The molecule has 0 aromatic heterocycles. The summed E-state index contributed by atoms with van der Waals surface area (Å²) in [6.45, 7) is 3.05. The van der Waals surface area contributed by atoms with E-state index < -0.39 is 32.7 Å². The molecule has 0 aliphatic carbocycles. The maximum atomic E-state index is 13.5. The molecule has 2 unspecified atom stereocenters. The second kappa shape index (κ2) is 6.64. The lowest BCUT2D eigenvalue weighted by Crippen LogP contribution is -2.34. The molecule has 0 heterocycles. The van der Waals surface area contributed by atoms with Crippen LogP contribution >= 0.6 is 0 Å². The van der Waals surface area contributed by atoms with Gasteiger partial charge < -0.3 is 5.73 Å². The molecule has 1 aromatic rings. The van der Waals surface area contributed by atoms with Crippen molar-refractivity contribution in [2.75, 3.05) is 17.7 Å². The van der Waals surface area contributed by atoms with E-state index in [9.17, 15) is 17.0 Å². The first-order valence-electron chi connectivity index (χ1n) is 6.01. The standard InChI is InChI=1S/C12H19FN2O3S2/c1-8(4-5-19(3)16)15-20(17,18)12-7-10(14)6-11(13)9(12)2/h6-8,15H,4-5,14H2,1-3H3. The van der Waals surface area contributed by atoms with Gasteiger partial charge >= 0.3 is 0 Å². The number of benzene rings is 1. The lowest BCUT2D eigenvalue weighted by atomic mass is 10.2. The van der Waals surface area contributed by atoms with Crippen molar-refractivity contribution in [3.63, 3.8) is 0 Å². The monoisotopic (exact) mass is 322 g/mol. The number of nitrogens with two attached hydrogens (primary N) is 1. The number of nitrogens with one attached hydrogen (secondary N) is 1. The first-order chi connectivity index (χ1) is 9.13. The van der Waals surface area contributed by atoms with E-state index in [4.69, 9.17) is 5.73 Å². The fraction of sp³-hybridized carbons (Fsp3) is 0.500. The van der Waals surface area contributed by atoms with E-state index in [0.29, 0.717) is 12.2 Å². The van der Waals surface area contributed by atoms with Crippen molar-refractivity contribution in [1.29, 1.82) is 0 Å². The summed E-state index contributed by atoms with van der Waals surface area (Å²) in [5.74, 6) is -0.263. The molecule has 0 bridgehead atoms. The third-order valence-corrected chi connectivity index (χ3v) is 5.33. The molecule has 0 aliphatic heterocycles. The molecule has 1 aromatic carbocycles. The van der Waals surface area contributed by atoms with Crippen LogP contribution in [-0.2, 0) is 20.8 Å². The Bertz CT molecular complexity index is 617. The van der Waals surface area contributed by atoms with Crippen molar-refractivity contribution in [3.8, 4) is 0 Å². The van der Waals surface area contributed by atoms with Gasteiger partial charge in [0.1, 0.15) is 5.82 Å². The van der Waals surface area contributed by atoms with Crippen LogP contribution in [0.4, 0.5) is 10.1 Å². The summed E-state index contributed by atoms with van der Waals surface area (Å²) >= 11 is 0. The highest BCUT2D eigenvalue weighted by molar-refractivity contribution is 7.89. The van der Waals surface area contributed by atoms with Crippen LogP contribution in [0, 0.1) is 12.7 Å². The second-order valence-electron chi connectivity index (χ2n) is 4.71. The molecule has 114 valence electrons. The Hall–Kier alpha value is -0.990. The number of hydrogen-bond donors (Lipinski definition) is 2. The third-order valence-electron chi connectivity index (χ3n) is 2.80. The zero-order chi connectivity index (χ0) is 15.5. The first-order valence-corrected chi connectivity index (χ1v) is 9.22. The molecule has 0 radical (unpaired) electrons. The van der Waals surface area contributed by atoms with E-state index in [2.05, 4.69) is 4.72 Å². The zero-order valence-electron chi connectivity index (χ0n) is 11.6. The molecule has 0 saturated carbocycles. The molecule has 0 amide bonds. The third kappa shape index (κ3) is 4.53. The van der Waals surface area contributed by atoms with Crippen LogP contribution in [0.25, 0.3) is 0 Å². The molecule has 0 aliphatic rings. The maximum Gasteiger partial charge on any atom is 0.241 e. The van der Waals surface area contributed by atoms with Crippen molar-refractivity contribution < 1.29 is 17.0 Å². The van der Waals surface area contributed by atoms with Crippen LogP contribution in [0.5, 0.6) is 0 Å². The van der Waals surface area contributed by atoms with Crippen molar-refractivity contribution in [1.82, 2.24) is 4.72 Å². The average molecular weight is 322 g/mol. The zero-order valence-corrected chi connectivity index (χ0v) is 13.3. The molecule has 0 spiro atoms. The van der Waals surface area contributed by atoms with Gasteiger partial charge in [0.2, 0.25) is 10.0 Å². The van der Waals surface area contributed by atoms with Gasteiger partial charge in [-0.25, -0.2) is 17.5 Å². The van der Waals surface area contributed by atoms with Crippen molar-refractivity contribution in [2.24, 2.45) is 0 Å². The van der Waals surface area contributed by atoms with Crippen LogP contribution in [0.3, 0.4) is 0 Å². The van der Waals surface area contributed by atoms with Crippen molar-refractivity contribution in [3.05, 3.63) is 23.5 Å². The summed E-state index contributed by atoms with van der Waals surface area (Å²) in [5.41, 5.74) is 5.56. The normalized spacial score (nSPS) is 15.0. The van der Waals surface area contributed by atoms with Gasteiger partial charge in [0.15, 0.2) is 0 Å². The minimum Gasteiger partial charge on any atom is -0.399 e. The topological polar surface area (TPSA) is 89.3 Å². The molecule has 0 fully saturated rings. The lowest BCUT2D eigenvalue weighted by Gasteiger charge is -2.15. The minimum atomic E-state index is -3.85. The average Bonchev–Trinajstić information content (AvgIpc) is 2.30. The Morgan fingerprint density at radius 3 is 2.60 bits per heavy atom. The Kier molecular flexibility index (Phi) is 5.67. The SMILES string of the molecule is Cc1c(F)cc(N)cc1S(=O)(=O)NC(C)CCS(C)=O. The van der Waals surface area contributed by atoms with Gasteiger partial charge in [0, 0.05) is 40.1 Å². The van der Waals surface area contributed by atoms with E-state index >= 15 is 0 Å². The predicted molar refractivity (Wildman–Crippen MR) is 78.9 cm³/mol. The number of anilines is 1. The quantitative estimate of drug-likeness (QED) is 0.769. The Labute approximate surface area is 121 Å². The molecule has 3 N–H and O–H groups in total. The van der Waals surface area contributed by atoms with E-state index in [0.717, 1.165) is 6.07 Å². The number of sulfonamides is 1.